The van der Waals surface area contributed by atoms with Crippen molar-refractivity contribution in [3.63, 3.8) is 0 Å². The Balaban J connectivity index is 2.51. The molecule has 1 aromatic heterocycles. The summed E-state index contributed by atoms with van der Waals surface area (Å²) in [4.78, 5) is 26.7. The van der Waals surface area contributed by atoms with E-state index in [4.69, 9.17) is 9.84 Å². The number of nitrogens with zero attached hydrogens (tertiary/aromatic N) is 1. The first-order chi connectivity index (χ1) is 9.52. The Morgan fingerprint density at radius 1 is 1.45 bits per heavy atom. The minimum Gasteiger partial charge on any atom is -0.476 e. The molecule has 0 saturated carbocycles. The van der Waals surface area contributed by atoms with Gasteiger partial charge in [-0.1, -0.05) is 12.1 Å². The normalized spacial score (nSPS) is 10.3. The molecule has 0 unspecified atom stereocenters. The van der Waals surface area contributed by atoms with Gasteiger partial charge in [0.25, 0.3) is 0 Å². The highest BCUT2D eigenvalue weighted by Crippen LogP contribution is 2.31. The van der Waals surface area contributed by atoms with Gasteiger partial charge in [0, 0.05) is 0 Å². The van der Waals surface area contributed by atoms with Crippen LogP contribution in [-0.4, -0.2) is 28.6 Å². The van der Waals surface area contributed by atoms with Crippen molar-refractivity contribution in [2.75, 3.05) is 6.61 Å². The van der Waals surface area contributed by atoms with E-state index in [2.05, 4.69) is 4.98 Å². The predicted molar refractivity (Wildman–Crippen MR) is 70.4 cm³/mol. The van der Waals surface area contributed by atoms with E-state index < -0.39 is 17.8 Å². The zero-order valence-corrected chi connectivity index (χ0v) is 11.2. The van der Waals surface area contributed by atoms with Gasteiger partial charge in [-0.25, -0.2) is 19.0 Å². The monoisotopic (exact) mass is 295 g/mol. The largest absolute Gasteiger partial charge is 0.476 e. The number of carboxylic acids is 1. The highest BCUT2D eigenvalue weighted by Gasteiger charge is 2.23. The van der Waals surface area contributed by atoms with Crippen LogP contribution in [-0.2, 0) is 4.74 Å². The van der Waals surface area contributed by atoms with Gasteiger partial charge in [-0.3, -0.25) is 0 Å². The molecule has 2 aromatic rings. The summed E-state index contributed by atoms with van der Waals surface area (Å²) in [5, 5.41) is 9.05. The number of halogens is 1. The number of carbonyl (C=O) groups is 2. The summed E-state index contributed by atoms with van der Waals surface area (Å²) in [7, 11) is 0. The molecule has 5 nitrogen and oxygen atoms in total. The second-order valence-corrected chi connectivity index (χ2v) is 4.73. The van der Waals surface area contributed by atoms with Crippen molar-refractivity contribution in [3.05, 3.63) is 40.8 Å². The molecule has 0 amide bonds. The van der Waals surface area contributed by atoms with E-state index >= 15 is 0 Å². The van der Waals surface area contributed by atoms with Crippen molar-refractivity contribution in [1.29, 1.82) is 0 Å². The minimum atomic E-state index is -1.28. The lowest BCUT2D eigenvalue weighted by Crippen LogP contribution is -2.05. The van der Waals surface area contributed by atoms with Gasteiger partial charge < -0.3 is 9.84 Å². The number of benzene rings is 1. The van der Waals surface area contributed by atoms with E-state index in [0.29, 0.717) is 5.56 Å². The minimum absolute atomic E-state index is 0.0662. The number of esters is 1. The Hall–Kier alpha value is -2.28. The van der Waals surface area contributed by atoms with Crippen LogP contribution in [0, 0.1) is 5.82 Å². The summed E-state index contributed by atoms with van der Waals surface area (Å²) in [6, 6.07) is 5.45. The lowest BCUT2D eigenvalue weighted by molar-refractivity contribution is 0.0526. The summed E-state index contributed by atoms with van der Waals surface area (Å²) >= 11 is 0.865. The summed E-state index contributed by atoms with van der Waals surface area (Å²) in [6.07, 6.45) is 0. The fourth-order valence-corrected chi connectivity index (χ4v) is 2.52. The molecule has 20 heavy (non-hydrogen) atoms. The number of aromatic nitrogens is 1. The molecule has 2 rings (SSSR count). The number of ether oxygens (including phenoxy) is 1. The first kappa shape index (κ1) is 14.1. The van der Waals surface area contributed by atoms with Crippen molar-refractivity contribution < 1.29 is 23.8 Å². The Bertz CT molecular complexity index is 668. The SMILES string of the molecule is CCOC(=O)c1nc(C(=O)O)c(-c2cccc(F)c2)s1. The Labute approximate surface area is 117 Å². The maximum Gasteiger partial charge on any atom is 0.367 e. The topological polar surface area (TPSA) is 76.5 Å². The van der Waals surface area contributed by atoms with Crippen LogP contribution in [0.3, 0.4) is 0 Å². The molecule has 0 radical (unpaired) electrons. The molecule has 0 aliphatic heterocycles. The Morgan fingerprint density at radius 2 is 2.20 bits per heavy atom. The van der Waals surface area contributed by atoms with Gasteiger partial charge in [0.1, 0.15) is 5.82 Å². The fourth-order valence-electron chi connectivity index (χ4n) is 1.57. The van der Waals surface area contributed by atoms with E-state index in [-0.39, 0.29) is 22.2 Å². The number of thiazole rings is 1. The molecule has 0 spiro atoms. The van der Waals surface area contributed by atoms with Gasteiger partial charge in [0.2, 0.25) is 5.01 Å². The van der Waals surface area contributed by atoms with Crippen LogP contribution in [0.1, 0.15) is 27.2 Å². The standard InChI is InChI=1S/C13H10FNO4S/c1-2-19-13(18)11-15-9(12(16)17)10(20-11)7-4-3-5-8(14)6-7/h3-6H,2H2,1H3,(H,16,17). The molecular formula is C13H10FNO4S. The number of carbonyl (C=O) groups excluding carboxylic acids is 1. The van der Waals surface area contributed by atoms with Gasteiger partial charge in [-0.05, 0) is 24.6 Å². The lowest BCUT2D eigenvalue weighted by atomic mass is 10.1. The van der Waals surface area contributed by atoms with E-state index in [1.807, 2.05) is 0 Å². The second-order valence-electron chi connectivity index (χ2n) is 3.73. The van der Waals surface area contributed by atoms with Gasteiger partial charge in [0.15, 0.2) is 5.69 Å². The van der Waals surface area contributed by atoms with Crippen molar-refractivity contribution in [1.82, 2.24) is 4.98 Å². The first-order valence-corrected chi connectivity index (χ1v) is 6.51. The lowest BCUT2D eigenvalue weighted by Gasteiger charge is -1.98. The average Bonchev–Trinajstić information content (AvgIpc) is 2.84. The maximum atomic E-state index is 13.2. The second kappa shape index (κ2) is 5.79. The van der Waals surface area contributed by atoms with Gasteiger partial charge in [-0.15, -0.1) is 11.3 Å². The first-order valence-electron chi connectivity index (χ1n) is 5.70. The van der Waals surface area contributed by atoms with Crippen LogP contribution in [0.25, 0.3) is 10.4 Å². The quantitative estimate of drug-likeness (QED) is 0.878. The van der Waals surface area contributed by atoms with Crippen LogP contribution < -0.4 is 0 Å². The molecule has 1 N–H and O–H groups in total. The van der Waals surface area contributed by atoms with Gasteiger partial charge in [0.05, 0.1) is 11.5 Å². The molecule has 0 aliphatic rings. The molecule has 0 atom stereocenters. The van der Waals surface area contributed by atoms with Crippen LogP contribution in [0.4, 0.5) is 4.39 Å². The van der Waals surface area contributed by atoms with Crippen LogP contribution in [0.2, 0.25) is 0 Å². The molecule has 0 saturated heterocycles. The maximum absolute atomic E-state index is 13.2. The summed E-state index contributed by atoms with van der Waals surface area (Å²) in [6.45, 7) is 1.80. The predicted octanol–water partition coefficient (Wildman–Crippen LogP) is 2.82. The van der Waals surface area contributed by atoms with Crippen molar-refractivity contribution in [2.45, 2.75) is 6.92 Å². The van der Waals surface area contributed by atoms with Crippen molar-refractivity contribution in [3.8, 4) is 10.4 Å². The van der Waals surface area contributed by atoms with E-state index in [0.717, 1.165) is 11.3 Å². The summed E-state index contributed by atoms with van der Waals surface area (Å²) < 4.78 is 18.0. The van der Waals surface area contributed by atoms with Crippen molar-refractivity contribution >= 4 is 23.3 Å². The number of rotatable bonds is 4. The molecule has 0 fully saturated rings. The third-order valence-electron chi connectivity index (χ3n) is 2.37. The molecule has 1 aromatic carbocycles. The highest BCUT2D eigenvalue weighted by molar-refractivity contribution is 7.17. The van der Waals surface area contributed by atoms with Gasteiger partial charge in [-0.2, -0.15) is 0 Å². The summed E-state index contributed by atoms with van der Waals surface area (Å²) in [5.74, 6) is -2.47. The number of hydrogen-bond donors (Lipinski definition) is 1. The average molecular weight is 295 g/mol. The third kappa shape index (κ3) is 2.83. The molecule has 0 bridgehead atoms. The molecule has 0 aliphatic carbocycles. The zero-order valence-electron chi connectivity index (χ0n) is 10.4. The fraction of sp³-hybridized carbons (Fsp3) is 0.154. The van der Waals surface area contributed by atoms with E-state index in [1.54, 1.807) is 13.0 Å². The smallest absolute Gasteiger partial charge is 0.367 e. The Morgan fingerprint density at radius 3 is 2.80 bits per heavy atom. The van der Waals surface area contributed by atoms with Crippen LogP contribution in [0.5, 0.6) is 0 Å². The van der Waals surface area contributed by atoms with Gasteiger partial charge >= 0.3 is 11.9 Å². The van der Waals surface area contributed by atoms with Crippen LogP contribution >= 0.6 is 11.3 Å². The zero-order chi connectivity index (χ0) is 14.7. The van der Waals surface area contributed by atoms with E-state index in [9.17, 15) is 14.0 Å². The molecule has 1 heterocycles. The van der Waals surface area contributed by atoms with E-state index in [1.165, 1.54) is 18.2 Å². The van der Waals surface area contributed by atoms with Crippen LogP contribution in [0.15, 0.2) is 24.3 Å². The number of hydrogen-bond acceptors (Lipinski definition) is 5. The third-order valence-corrected chi connectivity index (χ3v) is 3.45. The number of aromatic carboxylic acids is 1. The summed E-state index contributed by atoms with van der Waals surface area (Å²) in [5.41, 5.74) is 0.0686. The molecule has 7 heteroatoms. The molecule has 104 valence electrons. The van der Waals surface area contributed by atoms with Crippen molar-refractivity contribution in [2.24, 2.45) is 0 Å². The Kier molecular flexibility index (Phi) is 4.09. The number of carboxylic acid groups (broad SMARTS) is 1. The highest BCUT2D eigenvalue weighted by atomic mass is 32.1. The molecular weight excluding hydrogens is 285 g/mol.